The second kappa shape index (κ2) is 9.32. The number of benzene rings is 2. The summed E-state index contributed by atoms with van der Waals surface area (Å²) in [5.74, 6) is 1.43. The van der Waals surface area contributed by atoms with Crippen molar-refractivity contribution < 1.29 is 18.0 Å². The molecule has 7 nitrogen and oxygen atoms in total. The lowest BCUT2D eigenvalue weighted by atomic mass is 9.49. The second-order valence-corrected chi connectivity index (χ2v) is 12.2. The van der Waals surface area contributed by atoms with E-state index in [0.717, 1.165) is 19.3 Å². The smallest absolute Gasteiger partial charge is 0.262 e. The molecule has 2 amide bonds. The van der Waals surface area contributed by atoms with E-state index >= 15 is 0 Å². The van der Waals surface area contributed by atoms with Gasteiger partial charge in [0.25, 0.3) is 15.9 Å². The molecule has 0 atom stereocenters. The van der Waals surface area contributed by atoms with Crippen LogP contribution in [0, 0.1) is 23.2 Å². The monoisotopic (exact) mass is 513 g/mol. The fraction of sp³-hybridized carbons (Fsp3) is 0.385. The van der Waals surface area contributed by atoms with E-state index in [1.807, 2.05) is 0 Å². The minimum Gasteiger partial charge on any atom is -0.278 e. The van der Waals surface area contributed by atoms with E-state index in [-0.39, 0.29) is 16.2 Å². The van der Waals surface area contributed by atoms with Crippen molar-refractivity contribution in [3.05, 3.63) is 65.2 Å². The zero-order valence-corrected chi connectivity index (χ0v) is 20.7. The van der Waals surface area contributed by atoms with Crippen LogP contribution in [0.2, 0.25) is 5.02 Å². The number of nitrogens with one attached hydrogen (secondary N) is 3. The van der Waals surface area contributed by atoms with Crippen LogP contribution in [0.1, 0.15) is 44.1 Å². The van der Waals surface area contributed by atoms with Gasteiger partial charge in [0.15, 0.2) is 0 Å². The fourth-order valence-corrected chi connectivity index (χ4v) is 7.68. The molecule has 0 aliphatic heterocycles. The fourth-order valence-electron chi connectivity index (χ4n) is 6.36. The molecule has 2 aromatic rings. The van der Waals surface area contributed by atoms with Gasteiger partial charge in [0.2, 0.25) is 5.91 Å². The standard InChI is InChI=1S/C26H28ClN3O4S/c27-22-3-1-2-4-23(22)30-35(33,34)21-8-5-17(6-9-21)7-10-24(31)28-29-25(32)26-14-18-11-19(15-26)13-20(12-18)16-26/h1-10,18-20,30H,11-16H2,(H,28,31)(H,29,32). The van der Waals surface area contributed by atoms with Crippen LogP contribution >= 0.6 is 11.6 Å². The van der Waals surface area contributed by atoms with Crippen LogP contribution in [0.3, 0.4) is 0 Å². The molecule has 6 rings (SSSR count). The van der Waals surface area contributed by atoms with Gasteiger partial charge in [-0.1, -0.05) is 35.9 Å². The van der Waals surface area contributed by atoms with E-state index in [2.05, 4.69) is 15.6 Å². The van der Waals surface area contributed by atoms with Crippen LogP contribution in [0.15, 0.2) is 59.5 Å². The topological polar surface area (TPSA) is 104 Å². The molecule has 0 saturated heterocycles. The van der Waals surface area contributed by atoms with Crippen LogP contribution in [-0.4, -0.2) is 20.2 Å². The van der Waals surface area contributed by atoms with Gasteiger partial charge in [-0.15, -0.1) is 0 Å². The molecule has 4 saturated carbocycles. The number of rotatable bonds is 6. The van der Waals surface area contributed by atoms with Gasteiger partial charge < -0.3 is 0 Å². The summed E-state index contributed by atoms with van der Waals surface area (Å²) in [6.07, 6.45) is 9.40. The summed E-state index contributed by atoms with van der Waals surface area (Å²) in [5.41, 5.74) is 5.76. The molecule has 4 fully saturated rings. The Bertz CT molecular complexity index is 1240. The van der Waals surface area contributed by atoms with E-state index in [1.165, 1.54) is 37.5 Å². The Morgan fingerprint density at radius 3 is 2.09 bits per heavy atom. The van der Waals surface area contributed by atoms with Gasteiger partial charge in [-0.05, 0) is 92.2 Å². The quantitative estimate of drug-likeness (QED) is 0.390. The molecule has 4 aliphatic carbocycles. The lowest BCUT2D eigenvalue weighted by molar-refractivity contribution is -0.148. The van der Waals surface area contributed by atoms with Crippen LogP contribution < -0.4 is 15.6 Å². The number of hydrazine groups is 1. The molecule has 0 radical (unpaired) electrons. The van der Waals surface area contributed by atoms with E-state index in [1.54, 1.807) is 42.5 Å². The minimum absolute atomic E-state index is 0.0704. The Hall–Kier alpha value is -2.84. The number of anilines is 1. The number of halogens is 1. The van der Waals surface area contributed by atoms with Crippen molar-refractivity contribution in [3.8, 4) is 0 Å². The highest BCUT2D eigenvalue weighted by Gasteiger charge is 2.54. The zero-order valence-electron chi connectivity index (χ0n) is 19.2. The van der Waals surface area contributed by atoms with Crippen molar-refractivity contribution in [2.75, 3.05) is 4.72 Å². The first-order chi connectivity index (χ1) is 16.7. The van der Waals surface area contributed by atoms with Crippen molar-refractivity contribution in [2.24, 2.45) is 23.2 Å². The summed E-state index contributed by atoms with van der Waals surface area (Å²) in [5, 5.41) is 0.303. The number of hydrogen-bond acceptors (Lipinski definition) is 4. The predicted molar refractivity (Wildman–Crippen MR) is 135 cm³/mol. The molecule has 4 aliphatic rings. The number of sulfonamides is 1. The summed E-state index contributed by atoms with van der Waals surface area (Å²) in [6.45, 7) is 0. The van der Waals surface area contributed by atoms with Crippen molar-refractivity contribution in [1.29, 1.82) is 0 Å². The van der Waals surface area contributed by atoms with Crippen LogP contribution in [0.5, 0.6) is 0 Å². The number of carbonyl (C=O) groups excluding carboxylic acids is 2. The molecule has 0 heterocycles. The molecule has 184 valence electrons. The van der Waals surface area contributed by atoms with Crippen molar-refractivity contribution in [1.82, 2.24) is 10.9 Å². The summed E-state index contributed by atoms with van der Waals surface area (Å²) < 4.78 is 27.7. The average molecular weight is 514 g/mol. The van der Waals surface area contributed by atoms with E-state index in [9.17, 15) is 18.0 Å². The number of carbonyl (C=O) groups is 2. The minimum atomic E-state index is -3.81. The zero-order chi connectivity index (χ0) is 24.6. The molecule has 3 N–H and O–H groups in total. The Morgan fingerprint density at radius 1 is 0.886 bits per heavy atom. The van der Waals surface area contributed by atoms with Gasteiger partial charge in [-0.25, -0.2) is 8.42 Å². The Labute approximate surface area is 210 Å². The van der Waals surface area contributed by atoms with E-state index in [0.29, 0.717) is 34.0 Å². The highest BCUT2D eigenvalue weighted by molar-refractivity contribution is 7.92. The number of hydrogen-bond donors (Lipinski definition) is 3. The molecule has 0 aromatic heterocycles. The maximum Gasteiger partial charge on any atom is 0.262 e. The SMILES string of the molecule is O=C(C=Cc1ccc(S(=O)(=O)Nc2ccccc2Cl)cc1)NNC(=O)C12CC3CC(CC(C3)C1)C2. The van der Waals surface area contributed by atoms with Crippen LogP contribution in [-0.2, 0) is 19.6 Å². The summed E-state index contributed by atoms with van der Waals surface area (Å²) in [6, 6.07) is 12.7. The lowest BCUT2D eigenvalue weighted by Gasteiger charge is -2.55. The van der Waals surface area contributed by atoms with Crippen molar-refractivity contribution >= 4 is 45.2 Å². The largest absolute Gasteiger partial charge is 0.278 e. The average Bonchev–Trinajstić information content (AvgIpc) is 2.82. The van der Waals surface area contributed by atoms with Crippen molar-refractivity contribution in [3.63, 3.8) is 0 Å². The first-order valence-electron chi connectivity index (χ1n) is 11.9. The Balaban J connectivity index is 1.15. The third kappa shape index (κ3) is 5.09. The van der Waals surface area contributed by atoms with Gasteiger partial charge in [-0.3, -0.25) is 25.2 Å². The molecule has 0 unspecified atom stereocenters. The first kappa shape index (κ1) is 23.9. The first-order valence-corrected chi connectivity index (χ1v) is 13.7. The summed E-state index contributed by atoms with van der Waals surface area (Å²) in [7, 11) is -3.81. The highest BCUT2D eigenvalue weighted by atomic mass is 35.5. The van der Waals surface area contributed by atoms with Gasteiger partial charge in [0.05, 0.1) is 21.0 Å². The molecule has 35 heavy (non-hydrogen) atoms. The Morgan fingerprint density at radius 2 is 1.49 bits per heavy atom. The predicted octanol–water partition coefficient (Wildman–Crippen LogP) is 4.52. The van der Waals surface area contributed by atoms with E-state index in [4.69, 9.17) is 11.6 Å². The molecule has 0 spiro atoms. The summed E-state index contributed by atoms with van der Waals surface area (Å²) >= 11 is 6.04. The second-order valence-electron chi connectivity index (χ2n) is 10.1. The molecular weight excluding hydrogens is 486 g/mol. The molecule has 4 bridgehead atoms. The third-order valence-electron chi connectivity index (χ3n) is 7.55. The van der Waals surface area contributed by atoms with Crippen molar-refractivity contribution in [2.45, 2.75) is 43.4 Å². The lowest BCUT2D eigenvalue weighted by Crippen LogP contribution is -2.56. The van der Waals surface area contributed by atoms with Gasteiger partial charge >= 0.3 is 0 Å². The molecule has 9 heteroatoms. The van der Waals surface area contributed by atoms with Gasteiger partial charge in [0.1, 0.15) is 0 Å². The van der Waals surface area contributed by atoms with Gasteiger partial charge in [-0.2, -0.15) is 0 Å². The maximum absolute atomic E-state index is 12.9. The van der Waals surface area contributed by atoms with E-state index < -0.39 is 15.9 Å². The van der Waals surface area contributed by atoms with Crippen LogP contribution in [0.4, 0.5) is 5.69 Å². The van der Waals surface area contributed by atoms with Gasteiger partial charge in [0, 0.05) is 6.08 Å². The number of amides is 2. The molecular formula is C26H28ClN3O4S. The third-order valence-corrected chi connectivity index (χ3v) is 9.27. The molecule has 2 aromatic carbocycles. The Kier molecular flexibility index (Phi) is 6.36. The maximum atomic E-state index is 12.9. The normalized spacial score (nSPS) is 27.1. The highest BCUT2D eigenvalue weighted by Crippen LogP contribution is 2.60. The van der Waals surface area contributed by atoms with Crippen LogP contribution in [0.25, 0.3) is 6.08 Å². The summed E-state index contributed by atoms with van der Waals surface area (Å²) in [4.78, 5) is 25.3. The number of para-hydroxylation sites is 1.